The summed E-state index contributed by atoms with van der Waals surface area (Å²) in [6, 6.07) is 0. The Bertz CT molecular complexity index is 542. The standard InChI is InChI=1S/C10H13FN6OS/c1-12-10-15-14-9(19-10)3-2-7(11)4-17-5-8(6-18)13-16-17/h5-7H,2-4H2,1H3,(H,12,15). The van der Waals surface area contributed by atoms with Crippen LogP contribution in [0.15, 0.2) is 6.20 Å². The van der Waals surface area contributed by atoms with Crippen LogP contribution in [0, 0.1) is 0 Å². The Kier molecular flexibility index (Phi) is 4.50. The normalized spacial score (nSPS) is 12.3. The molecule has 2 aromatic rings. The van der Waals surface area contributed by atoms with Gasteiger partial charge in [0, 0.05) is 13.5 Å². The highest BCUT2D eigenvalue weighted by atomic mass is 32.1. The first kappa shape index (κ1) is 13.5. The quantitative estimate of drug-likeness (QED) is 0.762. The summed E-state index contributed by atoms with van der Waals surface area (Å²) in [5, 5.41) is 19.4. The number of rotatable bonds is 7. The summed E-state index contributed by atoms with van der Waals surface area (Å²) < 4.78 is 15.1. The molecule has 0 spiro atoms. The van der Waals surface area contributed by atoms with E-state index < -0.39 is 6.17 Å². The fourth-order valence-electron chi connectivity index (χ4n) is 1.49. The zero-order chi connectivity index (χ0) is 13.7. The fourth-order valence-corrected chi connectivity index (χ4v) is 2.20. The van der Waals surface area contributed by atoms with Crippen LogP contribution in [0.3, 0.4) is 0 Å². The molecule has 0 aliphatic heterocycles. The van der Waals surface area contributed by atoms with E-state index in [1.165, 1.54) is 22.2 Å². The molecule has 7 nitrogen and oxygen atoms in total. The van der Waals surface area contributed by atoms with Gasteiger partial charge in [0.15, 0.2) is 6.29 Å². The Hall–Kier alpha value is -1.90. The van der Waals surface area contributed by atoms with E-state index in [1.54, 1.807) is 7.05 Å². The average Bonchev–Trinajstić information content (AvgIpc) is 3.04. The molecular formula is C10H13FN6OS. The van der Waals surface area contributed by atoms with Gasteiger partial charge in [-0.3, -0.25) is 4.79 Å². The number of nitrogens with one attached hydrogen (secondary N) is 1. The highest BCUT2D eigenvalue weighted by Gasteiger charge is 2.11. The Morgan fingerprint density at radius 2 is 2.37 bits per heavy atom. The first-order chi connectivity index (χ1) is 9.21. The molecule has 0 aliphatic carbocycles. The van der Waals surface area contributed by atoms with Crippen LogP contribution in [-0.2, 0) is 13.0 Å². The predicted octanol–water partition coefficient (Wildman–Crippen LogP) is 0.955. The number of alkyl halides is 1. The molecular weight excluding hydrogens is 271 g/mol. The van der Waals surface area contributed by atoms with Gasteiger partial charge in [-0.1, -0.05) is 16.6 Å². The summed E-state index contributed by atoms with van der Waals surface area (Å²) in [5.74, 6) is 0. The van der Waals surface area contributed by atoms with E-state index in [-0.39, 0.29) is 12.2 Å². The molecule has 0 radical (unpaired) electrons. The maximum Gasteiger partial charge on any atom is 0.205 e. The van der Waals surface area contributed by atoms with Crippen LogP contribution in [0.1, 0.15) is 21.9 Å². The number of hydrogen-bond donors (Lipinski definition) is 1. The lowest BCUT2D eigenvalue weighted by molar-refractivity contribution is 0.111. The van der Waals surface area contributed by atoms with Crippen LogP contribution < -0.4 is 5.32 Å². The molecule has 0 saturated carbocycles. The molecule has 2 heterocycles. The first-order valence-electron chi connectivity index (χ1n) is 5.70. The van der Waals surface area contributed by atoms with Crippen molar-refractivity contribution in [1.29, 1.82) is 0 Å². The second-order valence-electron chi connectivity index (χ2n) is 3.87. The van der Waals surface area contributed by atoms with Gasteiger partial charge in [0.05, 0.1) is 12.7 Å². The second kappa shape index (κ2) is 6.32. The number of halogens is 1. The first-order valence-corrected chi connectivity index (χ1v) is 6.52. The van der Waals surface area contributed by atoms with Gasteiger partial charge in [0.25, 0.3) is 0 Å². The smallest absolute Gasteiger partial charge is 0.205 e. The number of carbonyl (C=O) groups excluding carboxylic acids is 1. The summed E-state index contributed by atoms with van der Waals surface area (Å²) in [6.45, 7) is 0.0819. The van der Waals surface area contributed by atoms with Gasteiger partial charge in [-0.15, -0.1) is 15.3 Å². The van der Waals surface area contributed by atoms with Crippen LogP contribution in [0.25, 0.3) is 0 Å². The van der Waals surface area contributed by atoms with Gasteiger partial charge < -0.3 is 5.32 Å². The van der Waals surface area contributed by atoms with Crippen molar-refractivity contribution in [2.45, 2.75) is 25.6 Å². The highest BCUT2D eigenvalue weighted by molar-refractivity contribution is 7.15. The van der Waals surface area contributed by atoms with Crippen LogP contribution >= 0.6 is 11.3 Å². The molecule has 0 aliphatic rings. The van der Waals surface area contributed by atoms with Crippen molar-refractivity contribution in [2.75, 3.05) is 12.4 Å². The molecule has 1 N–H and O–H groups in total. The minimum Gasteiger partial charge on any atom is -0.363 e. The van der Waals surface area contributed by atoms with E-state index in [9.17, 15) is 9.18 Å². The molecule has 1 unspecified atom stereocenters. The molecule has 102 valence electrons. The lowest BCUT2D eigenvalue weighted by Gasteiger charge is -2.05. The van der Waals surface area contributed by atoms with E-state index in [1.807, 2.05) is 0 Å². The molecule has 0 aromatic carbocycles. The summed E-state index contributed by atoms with van der Waals surface area (Å²) in [7, 11) is 1.76. The molecule has 0 bridgehead atoms. The minimum absolute atomic E-state index is 0.0819. The lowest BCUT2D eigenvalue weighted by Crippen LogP contribution is -2.13. The lowest BCUT2D eigenvalue weighted by atomic mass is 10.2. The highest BCUT2D eigenvalue weighted by Crippen LogP contribution is 2.17. The predicted molar refractivity (Wildman–Crippen MR) is 68.1 cm³/mol. The van der Waals surface area contributed by atoms with Crippen LogP contribution in [0.2, 0.25) is 0 Å². The number of aldehydes is 1. The summed E-state index contributed by atoms with van der Waals surface area (Å²) in [4.78, 5) is 10.4. The summed E-state index contributed by atoms with van der Waals surface area (Å²) >= 11 is 1.41. The minimum atomic E-state index is -1.07. The second-order valence-corrected chi connectivity index (χ2v) is 4.93. The van der Waals surface area contributed by atoms with Gasteiger partial charge >= 0.3 is 0 Å². The third kappa shape index (κ3) is 3.78. The molecule has 2 aromatic heterocycles. The van der Waals surface area contributed by atoms with Crippen molar-refractivity contribution in [3.8, 4) is 0 Å². The maximum absolute atomic E-state index is 13.7. The molecule has 19 heavy (non-hydrogen) atoms. The Labute approximate surface area is 112 Å². The largest absolute Gasteiger partial charge is 0.363 e. The SMILES string of the molecule is CNc1nnc(CCC(F)Cn2cc(C=O)nn2)s1. The third-order valence-electron chi connectivity index (χ3n) is 2.41. The van der Waals surface area contributed by atoms with Crippen molar-refractivity contribution < 1.29 is 9.18 Å². The van der Waals surface area contributed by atoms with Gasteiger partial charge in [0.1, 0.15) is 16.9 Å². The van der Waals surface area contributed by atoms with E-state index in [2.05, 4.69) is 25.8 Å². The molecule has 0 amide bonds. The molecule has 1 atom stereocenters. The van der Waals surface area contributed by atoms with Gasteiger partial charge in [-0.25, -0.2) is 9.07 Å². The van der Waals surface area contributed by atoms with Gasteiger partial charge in [-0.05, 0) is 6.42 Å². The fraction of sp³-hybridized carbons (Fsp3) is 0.500. The molecule has 2 rings (SSSR count). The number of aryl methyl sites for hydroxylation is 1. The van der Waals surface area contributed by atoms with Crippen molar-refractivity contribution in [3.05, 3.63) is 16.9 Å². The Morgan fingerprint density at radius 1 is 1.53 bits per heavy atom. The van der Waals surface area contributed by atoms with Crippen LogP contribution in [0.4, 0.5) is 9.52 Å². The van der Waals surface area contributed by atoms with E-state index in [0.29, 0.717) is 19.1 Å². The van der Waals surface area contributed by atoms with Gasteiger partial charge in [-0.2, -0.15) is 0 Å². The monoisotopic (exact) mass is 284 g/mol. The van der Waals surface area contributed by atoms with E-state index in [0.717, 1.165) is 10.1 Å². The number of nitrogens with zero attached hydrogens (tertiary/aromatic N) is 5. The van der Waals surface area contributed by atoms with Crippen LogP contribution in [0.5, 0.6) is 0 Å². The zero-order valence-corrected chi connectivity index (χ0v) is 11.1. The van der Waals surface area contributed by atoms with Crippen molar-refractivity contribution in [2.24, 2.45) is 0 Å². The van der Waals surface area contributed by atoms with Gasteiger partial charge in [0.2, 0.25) is 5.13 Å². The number of aromatic nitrogens is 5. The van der Waals surface area contributed by atoms with Crippen molar-refractivity contribution in [1.82, 2.24) is 25.2 Å². The number of carbonyl (C=O) groups is 1. The molecule has 0 fully saturated rings. The zero-order valence-electron chi connectivity index (χ0n) is 10.3. The van der Waals surface area contributed by atoms with Crippen molar-refractivity contribution in [3.63, 3.8) is 0 Å². The maximum atomic E-state index is 13.7. The topological polar surface area (TPSA) is 85.6 Å². The number of hydrogen-bond acceptors (Lipinski definition) is 7. The van der Waals surface area contributed by atoms with E-state index in [4.69, 9.17) is 0 Å². The molecule has 9 heteroatoms. The number of anilines is 1. The Balaban J connectivity index is 1.80. The molecule has 0 saturated heterocycles. The average molecular weight is 284 g/mol. The third-order valence-corrected chi connectivity index (χ3v) is 3.41. The van der Waals surface area contributed by atoms with Crippen molar-refractivity contribution >= 4 is 22.8 Å². The van der Waals surface area contributed by atoms with Crippen LogP contribution in [-0.4, -0.2) is 44.7 Å². The summed E-state index contributed by atoms with van der Waals surface area (Å²) in [6.07, 6.45) is 1.79. The Morgan fingerprint density at radius 3 is 3.00 bits per heavy atom. The van der Waals surface area contributed by atoms with E-state index >= 15 is 0 Å². The summed E-state index contributed by atoms with van der Waals surface area (Å²) in [5.41, 5.74) is 0.204.